The van der Waals surface area contributed by atoms with Crippen LogP contribution in [0.15, 0.2) is 12.1 Å². The highest BCUT2D eigenvalue weighted by molar-refractivity contribution is 5.87. The van der Waals surface area contributed by atoms with Crippen molar-refractivity contribution in [3.8, 4) is 0 Å². The molecule has 168 valence electrons. The average molecular weight is 450 g/mol. The molecule has 13 heteroatoms. The number of nitrogens with two attached hydrogens (primary N) is 1. The Bertz CT molecular complexity index is 1040. The molecular weight excluding hydrogens is 434 g/mol. The number of nitrogens with zero attached hydrogens (tertiary/aromatic N) is 3. The molecule has 1 aromatic carbocycles. The van der Waals surface area contributed by atoms with Crippen molar-refractivity contribution in [2.24, 2.45) is 5.73 Å². The third-order valence-corrected chi connectivity index (χ3v) is 4.82. The van der Waals surface area contributed by atoms with Crippen LogP contribution in [0.25, 0.3) is 0 Å². The number of alkyl halides is 3. The van der Waals surface area contributed by atoms with E-state index in [0.29, 0.717) is 16.7 Å². The number of carbonyl (C=O) groups is 2. The van der Waals surface area contributed by atoms with Crippen molar-refractivity contribution in [1.29, 1.82) is 0 Å². The lowest BCUT2D eigenvalue weighted by molar-refractivity contribution is -0.148. The lowest BCUT2D eigenvalue weighted by Crippen LogP contribution is -2.42. The molecule has 1 aliphatic heterocycles. The van der Waals surface area contributed by atoms with Gasteiger partial charge in [-0.3, -0.25) is 4.79 Å². The summed E-state index contributed by atoms with van der Waals surface area (Å²) in [6.45, 7) is -0.921. The van der Waals surface area contributed by atoms with E-state index in [-0.39, 0.29) is 37.2 Å². The molecule has 31 heavy (non-hydrogen) atoms. The van der Waals surface area contributed by atoms with Crippen LogP contribution in [0.2, 0.25) is 0 Å². The number of carbonyl (C=O) groups excluding carboxylic acids is 1. The summed E-state index contributed by atoms with van der Waals surface area (Å²) in [6, 6.07) is -0.00786. The second kappa shape index (κ2) is 8.21. The number of amides is 1. The molecule has 2 aromatic rings. The lowest BCUT2D eigenvalue weighted by atomic mass is 10.0. The third-order valence-electron chi connectivity index (χ3n) is 4.82. The molecule has 1 atom stereocenters. The van der Waals surface area contributed by atoms with Gasteiger partial charge in [-0.05, 0) is 18.1 Å². The van der Waals surface area contributed by atoms with Gasteiger partial charge in [0, 0.05) is 31.6 Å². The van der Waals surface area contributed by atoms with Gasteiger partial charge in [0.2, 0.25) is 11.7 Å². The molecule has 0 aliphatic carbocycles. The van der Waals surface area contributed by atoms with E-state index in [2.05, 4.69) is 4.98 Å². The first kappa shape index (κ1) is 22.6. The van der Waals surface area contributed by atoms with E-state index in [1.807, 2.05) is 0 Å². The van der Waals surface area contributed by atoms with E-state index < -0.39 is 59.6 Å². The number of halogens is 6. The van der Waals surface area contributed by atoms with E-state index in [9.17, 15) is 35.9 Å². The van der Waals surface area contributed by atoms with Crippen LogP contribution < -0.4 is 5.73 Å². The van der Waals surface area contributed by atoms with Crippen molar-refractivity contribution in [2.45, 2.75) is 38.1 Å². The number of imidazole rings is 1. The Hall–Kier alpha value is -3.09. The molecule has 0 saturated heterocycles. The zero-order valence-electron chi connectivity index (χ0n) is 15.7. The molecule has 1 aromatic heterocycles. The lowest BCUT2D eigenvalue weighted by Gasteiger charge is -2.30. The topological polar surface area (TPSA) is 101 Å². The van der Waals surface area contributed by atoms with Crippen molar-refractivity contribution < 1.29 is 41.0 Å². The smallest absolute Gasteiger partial charge is 0.449 e. The standard InChI is InChI=1S/C18H16F6N4O3/c19-10-6-12(21)11(20)4-8(10)3-9(25)5-14(29)27-1-2-28-13(7-27)15(16(30)31)26-17(28)18(22,23)24/h4,6,9H,1-3,5,7,25H2,(H,30,31)/t9-/m1/s1. The highest BCUT2D eigenvalue weighted by Gasteiger charge is 2.41. The van der Waals surface area contributed by atoms with Crippen LogP contribution in [0.5, 0.6) is 0 Å². The largest absolute Gasteiger partial charge is 0.476 e. The van der Waals surface area contributed by atoms with Gasteiger partial charge in [0.25, 0.3) is 0 Å². The normalized spacial score (nSPS) is 15.0. The number of carboxylic acid groups (broad SMARTS) is 1. The highest BCUT2D eigenvalue weighted by Crippen LogP contribution is 2.32. The first-order valence-electron chi connectivity index (χ1n) is 8.95. The van der Waals surface area contributed by atoms with E-state index in [1.54, 1.807) is 0 Å². The van der Waals surface area contributed by atoms with Gasteiger partial charge in [0.05, 0.1) is 12.2 Å². The third kappa shape index (κ3) is 4.65. The minimum atomic E-state index is -4.87. The maximum atomic E-state index is 13.8. The number of aromatic nitrogens is 2. The number of hydrogen-bond donors (Lipinski definition) is 2. The summed E-state index contributed by atoms with van der Waals surface area (Å²) in [5, 5.41) is 9.16. The molecular formula is C18H16F6N4O3. The second-order valence-electron chi connectivity index (χ2n) is 7.03. The van der Waals surface area contributed by atoms with Crippen LogP contribution in [-0.2, 0) is 30.5 Å². The zero-order chi connectivity index (χ0) is 23.1. The predicted octanol–water partition coefficient (Wildman–Crippen LogP) is 2.32. The number of carboxylic acids is 1. The van der Waals surface area contributed by atoms with Crippen molar-refractivity contribution in [1.82, 2.24) is 14.5 Å². The molecule has 0 saturated carbocycles. The molecule has 0 bridgehead atoms. The first-order valence-corrected chi connectivity index (χ1v) is 8.95. The highest BCUT2D eigenvalue weighted by atomic mass is 19.4. The Kier molecular flexibility index (Phi) is 5.98. The molecule has 0 radical (unpaired) electrons. The quantitative estimate of drug-likeness (QED) is 0.538. The Balaban J connectivity index is 1.73. The van der Waals surface area contributed by atoms with Crippen LogP contribution in [0.1, 0.15) is 34.0 Å². The molecule has 0 spiro atoms. The Morgan fingerprint density at radius 1 is 1.13 bits per heavy atom. The Labute approximate surface area is 171 Å². The molecule has 0 unspecified atom stereocenters. The van der Waals surface area contributed by atoms with Crippen molar-refractivity contribution >= 4 is 11.9 Å². The Morgan fingerprint density at radius 3 is 2.39 bits per heavy atom. The molecule has 0 fully saturated rings. The van der Waals surface area contributed by atoms with Gasteiger partial charge in [-0.1, -0.05) is 0 Å². The van der Waals surface area contributed by atoms with Crippen LogP contribution in [0.4, 0.5) is 26.3 Å². The van der Waals surface area contributed by atoms with Crippen LogP contribution >= 0.6 is 0 Å². The van der Waals surface area contributed by atoms with E-state index in [1.165, 1.54) is 0 Å². The fraction of sp³-hybridized carbons (Fsp3) is 0.389. The number of aromatic carboxylic acids is 1. The molecule has 1 amide bonds. The Morgan fingerprint density at radius 2 is 1.77 bits per heavy atom. The first-order chi connectivity index (χ1) is 14.4. The summed E-state index contributed by atoms with van der Waals surface area (Å²) in [5.41, 5.74) is 4.49. The van der Waals surface area contributed by atoms with Gasteiger partial charge >= 0.3 is 12.1 Å². The summed E-state index contributed by atoms with van der Waals surface area (Å²) >= 11 is 0. The summed E-state index contributed by atoms with van der Waals surface area (Å²) in [5.74, 6) is -7.33. The van der Waals surface area contributed by atoms with Gasteiger partial charge < -0.3 is 20.3 Å². The minimum Gasteiger partial charge on any atom is -0.476 e. The maximum absolute atomic E-state index is 13.8. The zero-order valence-corrected chi connectivity index (χ0v) is 15.7. The van der Waals surface area contributed by atoms with Crippen molar-refractivity contribution in [2.75, 3.05) is 6.54 Å². The molecule has 1 aliphatic rings. The van der Waals surface area contributed by atoms with E-state index in [4.69, 9.17) is 10.8 Å². The van der Waals surface area contributed by atoms with Gasteiger partial charge in [-0.2, -0.15) is 13.2 Å². The predicted molar refractivity (Wildman–Crippen MR) is 92.2 cm³/mol. The summed E-state index contributed by atoms with van der Waals surface area (Å²) in [4.78, 5) is 28.1. The maximum Gasteiger partial charge on any atom is 0.449 e. The SMILES string of the molecule is N[C@@H](CC(=O)N1CCn2c(C(F)(F)F)nc(C(=O)O)c2C1)Cc1cc(F)c(F)cc1F. The fourth-order valence-corrected chi connectivity index (χ4v) is 3.40. The van der Waals surface area contributed by atoms with Crippen LogP contribution in [-0.4, -0.2) is 44.0 Å². The second-order valence-corrected chi connectivity index (χ2v) is 7.03. The van der Waals surface area contributed by atoms with Gasteiger partial charge in [0.15, 0.2) is 17.3 Å². The van der Waals surface area contributed by atoms with Gasteiger partial charge in [-0.25, -0.2) is 22.9 Å². The summed E-state index contributed by atoms with van der Waals surface area (Å²) in [7, 11) is 0. The van der Waals surface area contributed by atoms with Gasteiger partial charge in [-0.15, -0.1) is 0 Å². The van der Waals surface area contributed by atoms with E-state index >= 15 is 0 Å². The monoisotopic (exact) mass is 450 g/mol. The molecule has 3 rings (SSSR count). The van der Waals surface area contributed by atoms with Crippen LogP contribution in [0.3, 0.4) is 0 Å². The van der Waals surface area contributed by atoms with Crippen molar-refractivity contribution in [3.63, 3.8) is 0 Å². The fourth-order valence-electron chi connectivity index (χ4n) is 3.40. The summed E-state index contributed by atoms with van der Waals surface area (Å²) < 4.78 is 80.1. The molecule has 2 heterocycles. The van der Waals surface area contributed by atoms with Crippen molar-refractivity contribution in [3.05, 3.63) is 52.4 Å². The molecule has 7 nitrogen and oxygen atoms in total. The summed E-state index contributed by atoms with van der Waals surface area (Å²) in [6.07, 6.45) is -5.54. The van der Waals surface area contributed by atoms with Gasteiger partial charge in [0.1, 0.15) is 5.82 Å². The number of benzene rings is 1. The van der Waals surface area contributed by atoms with E-state index in [0.717, 1.165) is 4.90 Å². The number of rotatable bonds is 5. The minimum absolute atomic E-state index is 0.156. The molecule has 3 N–H and O–H groups in total. The number of hydrogen-bond acceptors (Lipinski definition) is 4. The number of fused-ring (bicyclic) bond motifs is 1. The van der Waals surface area contributed by atoms with Crippen LogP contribution in [0, 0.1) is 17.5 Å². The average Bonchev–Trinajstić information content (AvgIpc) is 3.05.